The van der Waals surface area contributed by atoms with E-state index in [2.05, 4.69) is 10.00 Å². The lowest BCUT2D eigenvalue weighted by Gasteiger charge is -2.22. The number of amides is 1. The van der Waals surface area contributed by atoms with Crippen LogP contribution in [0.15, 0.2) is 12.3 Å². The smallest absolute Gasteiger partial charge is 0.244 e. The van der Waals surface area contributed by atoms with E-state index < -0.39 is 0 Å². The molecule has 0 aromatic carbocycles. The van der Waals surface area contributed by atoms with Crippen LogP contribution in [0.4, 0.5) is 0 Å². The van der Waals surface area contributed by atoms with Gasteiger partial charge in [0, 0.05) is 32.4 Å². The summed E-state index contributed by atoms with van der Waals surface area (Å²) in [6.07, 6.45) is 5.77. The minimum Gasteiger partial charge on any atom is -0.340 e. The first-order valence-electron chi connectivity index (χ1n) is 7.71. The second-order valence-corrected chi connectivity index (χ2v) is 6.13. The Bertz CT molecular complexity index is 466. The highest BCUT2D eigenvalue weighted by molar-refractivity contribution is 5.75. The van der Waals surface area contributed by atoms with Crippen molar-refractivity contribution in [3.05, 3.63) is 18.0 Å². The lowest BCUT2D eigenvalue weighted by atomic mass is 10.3. The molecule has 1 aromatic heterocycles. The Morgan fingerprint density at radius 3 is 2.85 bits per heavy atom. The molecule has 0 spiro atoms. The van der Waals surface area contributed by atoms with Crippen molar-refractivity contribution in [3.63, 3.8) is 0 Å². The number of rotatable bonds is 4. The number of aromatic nitrogens is 2. The van der Waals surface area contributed by atoms with E-state index in [-0.39, 0.29) is 5.91 Å². The molecule has 1 saturated heterocycles. The Kier molecular flexibility index (Phi) is 4.05. The van der Waals surface area contributed by atoms with Crippen molar-refractivity contribution in [1.82, 2.24) is 19.6 Å². The Morgan fingerprint density at radius 1 is 1.30 bits per heavy atom. The molecule has 0 N–H and O–H groups in total. The van der Waals surface area contributed by atoms with Gasteiger partial charge in [0.05, 0.1) is 5.69 Å². The summed E-state index contributed by atoms with van der Waals surface area (Å²) in [4.78, 5) is 16.9. The van der Waals surface area contributed by atoms with Gasteiger partial charge < -0.3 is 9.80 Å². The number of hydrogen-bond donors (Lipinski definition) is 0. The highest BCUT2D eigenvalue weighted by atomic mass is 16.2. The van der Waals surface area contributed by atoms with Crippen molar-refractivity contribution in [3.8, 4) is 0 Å². The average Bonchev–Trinajstić information content (AvgIpc) is 3.18. The predicted molar refractivity (Wildman–Crippen MR) is 77.3 cm³/mol. The van der Waals surface area contributed by atoms with Crippen LogP contribution < -0.4 is 0 Å². The van der Waals surface area contributed by atoms with Gasteiger partial charge in [-0.25, -0.2) is 0 Å². The van der Waals surface area contributed by atoms with Crippen LogP contribution in [0, 0.1) is 12.8 Å². The summed E-state index contributed by atoms with van der Waals surface area (Å²) in [5.74, 6) is 1.13. The van der Waals surface area contributed by atoms with E-state index in [1.165, 1.54) is 19.4 Å². The van der Waals surface area contributed by atoms with Gasteiger partial charge in [-0.05, 0) is 44.7 Å². The van der Waals surface area contributed by atoms with Crippen LogP contribution >= 0.6 is 0 Å². The van der Waals surface area contributed by atoms with E-state index in [9.17, 15) is 4.79 Å². The van der Waals surface area contributed by atoms with Crippen molar-refractivity contribution in [2.24, 2.45) is 5.92 Å². The number of carbonyl (C=O) groups is 1. The maximum atomic E-state index is 12.3. The molecule has 2 heterocycles. The summed E-state index contributed by atoms with van der Waals surface area (Å²) in [6, 6.07) is 1.94. The molecule has 0 radical (unpaired) electrons. The average molecular weight is 276 g/mol. The summed E-state index contributed by atoms with van der Waals surface area (Å²) in [5.41, 5.74) is 0.962. The highest BCUT2D eigenvalue weighted by Gasteiger charge is 2.26. The largest absolute Gasteiger partial charge is 0.340 e. The number of hydrogen-bond acceptors (Lipinski definition) is 3. The number of carbonyl (C=O) groups excluding carboxylic acids is 1. The van der Waals surface area contributed by atoms with Gasteiger partial charge in [-0.3, -0.25) is 9.48 Å². The lowest BCUT2D eigenvalue weighted by Crippen LogP contribution is -2.37. The normalized spacial score (nSPS) is 20.9. The van der Waals surface area contributed by atoms with Crippen LogP contribution in [0.25, 0.3) is 0 Å². The molecule has 1 amide bonds. The highest BCUT2D eigenvalue weighted by Crippen LogP contribution is 2.29. The van der Waals surface area contributed by atoms with Gasteiger partial charge in [-0.15, -0.1) is 0 Å². The van der Waals surface area contributed by atoms with E-state index in [4.69, 9.17) is 0 Å². The van der Waals surface area contributed by atoms with E-state index in [1.807, 2.05) is 24.1 Å². The fraction of sp³-hybridized carbons (Fsp3) is 0.733. The van der Waals surface area contributed by atoms with Gasteiger partial charge in [-0.2, -0.15) is 5.10 Å². The van der Waals surface area contributed by atoms with Crippen molar-refractivity contribution >= 4 is 5.91 Å². The van der Waals surface area contributed by atoms with Crippen molar-refractivity contribution in [2.45, 2.75) is 32.7 Å². The molecule has 1 aromatic rings. The Morgan fingerprint density at radius 2 is 2.15 bits per heavy atom. The quantitative estimate of drug-likeness (QED) is 0.828. The molecule has 0 unspecified atom stereocenters. The molecule has 110 valence electrons. The number of aryl methyl sites for hydroxylation is 1. The zero-order chi connectivity index (χ0) is 13.9. The molecule has 3 rings (SSSR count). The van der Waals surface area contributed by atoms with Crippen molar-refractivity contribution in [1.29, 1.82) is 0 Å². The fourth-order valence-electron chi connectivity index (χ4n) is 2.86. The van der Waals surface area contributed by atoms with Crippen LogP contribution in [-0.4, -0.2) is 58.2 Å². The zero-order valence-electron chi connectivity index (χ0n) is 12.3. The molecule has 0 atom stereocenters. The van der Waals surface area contributed by atoms with Gasteiger partial charge in [-0.1, -0.05) is 0 Å². The van der Waals surface area contributed by atoms with Crippen LogP contribution in [-0.2, 0) is 11.3 Å². The van der Waals surface area contributed by atoms with E-state index in [0.29, 0.717) is 6.54 Å². The molecular formula is C15H24N4O. The van der Waals surface area contributed by atoms with E-state index in [0.717, 1.165) is 44.2 Å². The first kappa shape index (κ1) is 13.6. The molecule has 1 aliphatic carbocycles. The molecule has 2 aliphatic rings. The molecule has 1 aliphatic heterocycles. The third-order valence-electron chi connectivity index (χ3n) is 4.23. The Hall–Kier alpha value is -1.36. The monoisotopic (exact) mass is 276 g/mol. The van der Waals surface area contributed by atoms with Crippen LogP contribution in [0.3, 0.4) is 0 Å². The molecule has 5 nitrogen and oxygen atoms in total. The maximum Gasteiger partial charge on any atom is 0.244 e. The summed E-state index contributed by atoms with van der Waals surface area (Å²) in [7, 11) is 0. The second-order valence-electron chi connectivity index (χ2n) is 6.13. The molecule has 1 saturated carbocycles. The van der Waals surface area contributed by atoms with E-state index >= 15 is 0 Å². The van der Waals surface area contributed by atoms with Crippen LogP contribution in [0.5, 0.6) is 0 Å². The fourth-order valence-corrected chi connectivity index (χ4v) is 2.86. The molecule has 5 heteroatoms. The van der Waals surface area contributed by atoms with E-state index in [1.54, 1.807) is 4.68 Å². The topological polar surface area (TPSA) is 41.4 Å². The Balaban J connectivity index is 1.50. The zero-order valence-corrected chi connectivity index (χ0v) is 12.3. The summed E-state index contributed by atoms with van der Waals surface area (Å²) < 4.78 is 1.74. The lowest BCUT2D eigenvalue weighted by molar-refractivity contribution is -0.131. The summed E-state index contributed by atoms with van der Waals surface area (Å²) >= 11 is 0. The molecule has 20 heavy (non-hydrogen) atoms. The summed E-state index contributed by atoms with van der Waals surface area (Å²) in [5, 5.41) is 4.29. The second kappa shape index (κ2) is 5.95. The maximum absolute atomic E-state index is 12.3. The Labute approximate surface area is 120 Å². The number of nitrogens with zero attached hydrogens (tertiary/aromatic N) is 4. The minimum atomic E-state index is 0.196. The van der Waals surface area contributed by atoms with Gasteiger partial charge >= 0.3 is 0 Å². The summed E-state index contributed by atoms with van der Waals surface area (Å²) in [6.45, 7) is 7.48. The van der Waals surface area contributed by atoms with Crippen molar-refractivity contribution < 1.29 is 4.79 Å². The van der Waals surface area contributed by atoms with Crippen LogP contribution in [0.1, 0.15) is 25.0 Å². The molecule has 0 bridgehead atoms. The standard InChI is InChI=1S/C15H24N4O/c1-13-5-8-19(16-13)12-15(20)18-7-2-6-17(9-10-18)11-14-3-4-14/h5,8,14H,2-4,6-7,9-12H2,1H3. The minimum absolute atomic E-state index is 0.196. The van der Waals surface area contributed by atoms with Crippen LogP contribution in [0.2, 0.25) is 0 Å². The third-order valence-corrected chi connectivity index (χ3v) is 4.23. The van der Waals surface area contributed by atoms with Gasteiger partial charge in [0.15, 0.2) is 0 Å². The first-order valence-corrected chi connectivity index (χ1v) is 7.71. The SMILES string of the molecule is Cc1ccn(CC(=O)N2CCCN(CC3CC3)CC2)n1. The molecular weight excluding hydrogens is 252 g/mol. The van der Waals surface area contributed by atoms with Gasteiger partial charge in [0.1, 0.15) is 6.54 Å². The predicted octanol–water partition coefficient (Wildman–Crippen LogP) is 1.14. The molecule has 2 fully saturated rings. The van der Waals surface area contributed by atoms with Gasteiger partial charge in [0.2, 0.25) is 5.91 Å². The van der Waals surface area contributed by atoms with Gasteiger partial charge in [0.25, 0.3) is 0 Å². The van der Waals surface area contributed by atoms with Crippen molar-refractivity contribution in [2.75, 3.05) is 32.7 Å². The third kappa shape index (κ3) is 3.60. The first-order chi connectivity index (χ1) is 9.70.